The van der Waals surface area contributed by atoms with Gasteiger partial charge in [-0.2, -0.15) is 0 Å². The topological polar surface area (TPSA) is 0 Å². The lowest BCUT2D eigenvalue weighted by Crippen LogP contribution is -1.69. The normalized spacial score (nSPS) is 9.43. The number of unbranched alkanes of at least 4 members (excludes halogenated alkanes) is 3. The summed E-state index contributed by atoms with van der Waals surface area (Å²) in [6.45, 7) is 2.23. The lowest BCUT2D eigenvalue weighted by molar-refractivity contribution is 0.726. The van der Waals surface area contributed by atoms with Crippen LogP contribution in [0.2, 0.25) is 0 Å². The molecular weight excluding hydrogens is 199 g/mol. The molecule has 0 saturated heterocycles. The van der Waals surface area contributed by atoms with Crippen molar-refractivity contribution in [3.05, 3.63) is 4.43 Å². The van der Waals surface area contributed by atoms with E-state index < -0.39 is 0 Å². The Morgan fingerprint density at radius 2 is 2.14 bits per heavy atom. The molecule has 0 unspecified atom stereocenters. The number of halogens is 1. The van der Waals surface area contributed by atoms with E-state index in [0.29, 0.717) is 0 Å². The Hall–Kier alpha value is 0.730. The molecule has 0 N–H and O–H groups in total. The fourth-order valence-electron chi connectivity index (χ4n) is 0.471. The zero-order valence-electron chi connectivity index (χ0n) is 4.78. The van der Waals surface area contributed by atoms with E-state index in [4.69, 9.17) is 0 Å². The lowest BCUT2D eigenvalue weighted by Gasteiger charge is -1.89. The molecule has 0 aromatic carbocycles. The van der Waals surface area contributed by atoms with Crippen LogP contribution in [0.25, 0.3) is 0 Å². The second-order valence-electron chi connectivity index (χ2n) is 1.65. The number of hydrogen-bond acceptors (Lipinski definition) is 0. The van der Waals surface area contributed by atoms with Gasteiger partial charge >= 0.3 is 0 Å². The highest BCUT2D eigenvalue weighted by Gasteiger charge is 1.81. The molecule has 0 rings (SSSR count). The molecule has 1 radical (unpaired) electrons. The predicted molar refractivity (Wildman–Crippen MR) is 42.5 cm³/mol. The third kappa shape index (κ3) is 6.73. The van der Waals surface area contributed by atoms with E-state index in [1.165, 1.54) is 25.7 Å². The number of hydrogen-bond donors (Lipinski definition) is 0. The van der Waals surface area contributed by atoms with E-state index in [1.807, 2.05) is 0 Å². The van der Waals surface area contributed by atoms with Gasteiger partial charge in [0.25, 0.3) is 0 Å². The monoisotopic (exact) mass is 211 g/mol. The quantitative estimate of drug-likeness (QED) is 0.494. The first kappa shape index (κ1) is 7.73. The first-order valence-electron chi connectivity index (χ1n) is 2.83. The number of rotatable bonds is 4. The maximum absolute atomic E-state index is 2.30. The summed E-state index contributed by atoms with van der Waals surface area (Å²) in [5, 5.41) is 0. The van der Waals surface area contributed by atoms with E-state index in [9.17, 15) is 0 Å². The average Bonchev–Trinajstić information content (AvgIpc) is 1.69. The van der Waals surface area contributed by atoms with Crippen molar-refractivity contribution >= 4 is 22.6 Å². The maximum atomic E-state index is 2.30. The molecule has 0 aromatic rings. The fourth-order valence-corrected chi connectivity index (χ4v) is 0.912. The van der Waals surface area contributed by atoms with E-state index in [2.05, 4.69) is 33.9 Å². The van der Waals surface area contributed by atoms with Gasteiger partial charge in [-0.15, -0.1) is 0 Å². The first-order valence-corrected chi connectivity index (χ1v) is 4.08. The molecule has 0 spiro atoms. The van der Waals surface area contributed by atoms with Crippen LogP contribution in [0.5, 0.6) is 0 Å². The molecule has 0 heterocycles. The predicted octanol–water partition coefficient (Wildman–Crippen LogP) is 3.16. The standard InChI is InChI=1S/C6H12I/c1-2-3-4-5-6-7/h6H,2-5H2,1H3. The molecular formula is C6H12I. The van der Waals surface area contributed by atoms with Crippen LogP contribution in [0, 0.1) is 4.43 Å². The van der Waals surface area contributed by atoms with Crippen LogP contribution in [0.15, 0.2) is 0 Å². The molecule has 0 aliphatic rings. The first-order chi connectivity index (χ1) is 3.41. The highest BCUT2D eigenvalue weighted by Crippen LogP contribution is 2.04. The molecule has 0 amide bonds. The highest BCUT2D eigenvalue weighted by molar-refractivity contribution is 14.1. The van der Waals surface area contributed by atoms with Crippen molar-refractivity contribution in [3.63, 3.8) is 0 Å². The Kier molecular flexibility index (Phi) is 7.43. The van der Waals surface area contributed by atoms with Crippen molar-refractivity contribution in [1.29, 1.82) is 0 Å². The highest BCUT2D eigenvalue weighted by atomic mass is 127. The van der Waals surface area contributed by atoms with Crippen molar-refractivity contribution in [2.45, 2.75) is 32.6 Å². The van der Waals surface area contributed by atoms with Crippen LogP contribution >= 0.6 is 22.6 Å². The minimum Gasteiger partial charge on any atom is -0.0815 e. The fraction of sp³-hybridized carbons (Fsp3) is 0.833. The smallest absolute Gasteiger partial charge is 0.0227 e. The van der Waals surface area contributed by atoms with Crippen LogP contribution in [0.4, 0.5) is 0 Å². The van der Waals surface area contributed by atoms with E-state index in [0.717, 1.165) is 0 Å². The minimum absolute atomic E-state index is 1.29. The molecule has 0 atom stereocenters. The maximum Gasteiger partial charge on any atom is 0.0227 e. The second kappa shape index (κ2) is 6.73. The van der Waals surface area contributed by atoms with Gasteiger partial charge in [0.1, 0.15) is 0 Å². The van der Waals surface area contributed by atoms with Crippen LogP contribution in [-0.2, 0) is 0 Å². The Labute approximate surface area is 59.8 Å². The van der Waals surface area contributed by atoms with Gasteiger partial charge in [0.15, 0.2) is 0 Å². The zero-order chi connectivity index (χ0) is 5.54. The van der Waals surface area contributed by atoms with E-state index >= 15 is 0 Å². The van der Waals surface area contributed by atoms with E-state index in [1.54, 1.807) is 0 Å². The molecule has 7 heavy (non-hydrogen) atoms. The second-order valence-corrected chi connectivity index (χ2v) is 2.53. The van der Waals surface area contributed by atoms with Crippen molar-refractivity contribution in [2.24, 2.45) is 0 Å². The molecule has 0 fully saturated rings. The van der Waals surface area contributed by atoms with Gasteiger partial charge in [-0.1, -0.05) is 48.8 Å². The molecule has 0 aromatic heterocycles. The third-order valence-corrected chi connectivity index (χ3v) is 1.54. The summed E-state index contributed by atoms with van der Waals surface area (Å²) in [5.41, 5.74) is 0. The SMILES string of the molecule is CCCCC[CH]I. The lowest BCUT2D eigenvalue weighted by atomic mass is 10.2. The Morgan fingerprint density at radius 1 is 1.43 bits per heavy atom. The summed E-state index contributed by atoms with van der Waals surface area (Å²) in [5.74, 6) is 0. The van der Waals surface area contributed by atoms with Gasteiger partial charge in [-0.3, -0.25) is 0 Å². The molecule has 0 aliphatic heterocycles. The Bertz CT molecular complexity index is 23.4. The summed E-state index contributed by atoms with van der Waals surface area (Å²) in [4.78, 5) is 0. The molecule has 43 valence electrons. The zero-order valence-corrected chi connectivity index (χ0v) is 6.94. The molecule has 0 aliphatic carbocycles. The summed E-state index contributed by atoms with van der Waals surface area (Å²) in [6.07, 6.45) is 5.39. The summed E-state index contributed by atoms with van der Waals surface area (Å²) < 4.78 is 2.20. The summed E-state index contributed by atoms with van der Waals surface area (Å²) >= 11 is 2.30. The van der Waals surface area contributed by atoms with Crippen molar-refractivity contribution < 1.29 is 0 Å². The average molecular weight is 211 g/mol. The Balaban J connectivity index is 2.45. The van der Waals surface area contributed by atoms with Gasteiger partial charge in [0.05, 0.1) is 0 Å². The van der Waals surface area contributed by atoms with Crippen molar-refractivity contribution in [2.75, 3.05) is 0 Å². The van der Waals surface area contributed by atoms with Crippen LogP contribution in [0.3, 0.4) is 0 Å². The summed E-state index contributed by atoms with van der Waals surface area (Å²) in [6, 6.07) is 0. The van der Waals surface area contributed by atoms with Crippen LogP contribution in [-0.4, -0.2) is 0 Å². The van der Waals surface area contributed by atoms with Crippen LogP contribution < -0.4 is 0 Å². The van der Waals surface area contributed by atoms with Crippen molar-refractivity contribution in [3.8, 4) is 0 Å². The van der Waals surface area contributed by atoms with Crippen LogP contribution in [0.1, 0.15) is 32.6 Å². The van der Waals surface area contributed by atoms with Crippen molar-refractivity contribution in [1.82, 2.24) is 0 Å². The van der Waals surface area contributed by atoms with Gasteiger partial charge < -0.3 is 0 Å². The van der Waals surface area contributed by atoms with Gasteiger partial charge in [-0.25, -0.2) is 0 Å². The Morgan fingerprint density at radius 3 is 2.57 bits per heavy atom. The summed E-state index contributed by atoms with van der Waals surface area (Å²) in [7, 11) is 0. The molecule has 0 nitrogen and oxygen atoms in total. The van der Waals surface area contributed by atoms with Gasteiger partial charge in [0.2, 0.25) is 0 Å². The minimum atomic E-state index is 1.29. The van der Waals surface area contributed by atoms with E-state index in [-0.39, 0.29) is 0 Å². The van der Waals surface area contributed by atoms with Gasteiger partial charge in [0, 0.05) is 4.43 Å². The molecule has 0 bridgehead atoms. The molecule has 0 saturated carbocycles. The largest absolute Gasteiger partial charge is 0.0815 e. The molecule has 1 heteroatoms. The third-order valence-electron chi connectivity index (χ3n) is 0.917. The van der Waals surface area contributed by atoms with Gasteiger partial charge in [-0.05, 0) is 6.42 Å².